The molecule has 5 nitrogen and oxygen atoms in total. The minimum Gasteiger partial charge on any atom is -0.353 e. The molecule has 170 valence electrons. The number of nitrogens with one attached hydrogen (secondary N) is 1. The van der Waals surface area contributed by atoms with Gasteiger partial charge in [-0.15, -0.1) is 0 Å². The summed E-state index contributed by atoms with van der Waals surface area (Å²) in [5.74, 6) is -1.70. The molecule has 5 rings (SSSR count). The Morgan fingerprint density at radius 1 is 1.19 bits per heavy atom. The molecule has 0 aromatic heterocycles. The molecule has 4 fully saturated rings. The number of urea groups is 1. The molecule has 3 N–H and O–H groups in total. The third-order valence-electron chi connectivity index (χ3n) is 7.72. The Morgan fingerprint density at radius 2 is 1.81 bits per heavy atom. The highest BCUT2D eigenvalue weighted by Crippen LogP contribution is 2.67. The second kappa shape index (κ2) is 7.53. The van der Waals surface area contributed by atoms with E-state index in [4.69, 9.17) is 17.3 Å². The number of alkyl halides is 3. The van der Waals surface area contributed by atoms with E-state index in [1.807, 2.05) is 0 Å². The van der Waals surface area contributed by atoms with Gasteiger partial charge in [-0.3, -0.25) is 4.79 Å². The van der Waals surface area contributed by atoms with Crippen molar-refractivity contribution in [3.8, 4) is 0 Å². The van der Waals surface area contributed by atoms with E-state index >= 15 is 0 Å². The third-order valence-corrected chi connectivity index (χ3v) is 8.01. The lowest BCUT2D eigenvalue weighted by molar-refractivity contribution is -0.262. The van der Waals surface area contributed by atoms with E-state index in [0.29, 0.717) is 5.56 Å². The van der Waals surface area contributed by atoms with Crippen molar-refractivity contribution < 1.29 is 27.2 Å². The number of hydrogen-bond acceptors (Lipinski definition) is 2. The van der Waals surface area contributed by atoms with E-state index in [2.05, 4.69) is 5.32 Å². The summed E-state index contributed by atoms with van der Waals surface area (Å²) in [7, 11) is 0. The summed E-state index contributed by atoms with van der Waals surface area (Å²) >= 11 is 6.02. The van der Waals surface area contributed by atoms with Gasteiger partial charge in [0, 0.05) is 19.0 Å². The van der Waals surface area contributed by atoms with Gasteiger partial charge in [-0.25, -0.2) is 9.18 Å². The Labute approximate surface area is 182 Å². The Balaban J connectivity index is 1.80. The summed E-state index contributed by atoms with van der Waals surface area (Å²) in [6.45, 7) is 0.430. The van der Waals surface area contributed by atoms with Crippen molar-refractivity contribution in [1.82, 2.24) is 10.2 Å². The zero-order valence-corrected chi connectivity index (χ0v) is 17.5. The van der Waals surface area contributed by atoms with E-state index in [1.165, 1.54) is 23.1 Å². The van der Waals surface area contributed by atoms with Crippen molar-refractivity contribution in [2.75, 3.05) is 13.1 Å². The van der Waals surface area contributed by atoms with Crippen LogP contribution in [-0.4, -0.2) is 42.1 Å². The molecule has 2 bridgehead atoms. The summed E-state index contributed by atoms with van der Waals surface area (Å²) < 4.78 is 55.2. The second-order valence-corrected chi connectivity index (χ2v) is 9.47. The molecular weight excluding hydrogens is 438 g/mol. The highest BCUT2D eigenvalue weighted by atomic mass is 35.5. The van der Waals surface area contributed by atoms with E-state index in [1.54, 1.807) is 0 Å². The summed E-state index contributed by atoms with van der Waals surface area (Å²) in [5, 5.41) is 2.60. The summed E-state index contributed by atoms with van der Waals surface area (Å²) in [5.41, 5.74) is 3.74. The summed E-state index contributed by atoms with van der Waals surface area (Å²) in [6, 6.07) is 2.33. The highest BCUT2D eigenvalue weighted by molar-refractivity contribution is 6.30. The number of rotatable bonds is 3. The number of carbonyl (C=O) groups is 2. The molecule has 1 aliphatic heterocycles. The second-order valence-electron chi connectivity index (χ2n) is 9.06. The normalized spacial score (nSPS) is 32.0. The van der Waals surface area contributed by atoms with Gasteiger partial charge in [-0.2, -0.15) is 13.2 Å². The van der Waals surface area contributed by atoms with Crippen molar-refractivity contribution in [2.24, 2.45) is 16.6 Å². The van der Waals surface area contributed by atoms with Crippen LogP contribution in [-0.2, 0) is 4.79 Å². The van der Waals surface area contributed by atoms with Crippen LogP contribution in [0.1, 0.15) is 50.0 Å². The van der Waals surface area contributed by atoms with Crippen LogP contribution in [0.3, 0.4) is 0 Å². The first kappa shape index (κ1) is 22.2. The number of nitrogens with two attached hydrogens (primary N) is 1. The average Bonchev–Trinajstić information content (AvgIpc) is 2.72. The Bertz CT molecular complexity index is 883. The Hall–Kier alpha value is -2.03. The van der Waals surface area contributed by atoms with Crippen molar-refractivity contribution in [3.05, 3.63) is 34.6 Å². The lowest BCUT2D eigenvalue weighted by Crippen LogP contribution is -2.64. The fourth-order valence-corrected chi connectivity index (χ4v) is 6.14. The Kier molecular flexibility index (Phi) is 5.39. The van der Waals surface area contributed by atoms with Gasteiger partial charge in [0.1, 0.15) is 11.9 Å². The predicted molar refractivity (Wildman–Crippen MR) is 106 cm³/mol. The number of primary amides is 1. The number of benzene rings is 1. The van der Waals surface area contributed by atoms with E-state index in [0.717, 1.165) is 0 Å². The molecule has 1 aromatic carbocycles. The van der Waals surface area contributed by atoms with Gasteiger partial charge >= 0.3 is 12.2 Å². The predicted octanol–water partition coefficient (Wildman–Crippen LogP) is 4.34. The molecule has 31 heavy (non-hydrogen) atoms. The topological polar surface area (TPSA) is 75.4 Å². The van der Waals surface area contributed by atoms with Crippen LogP contribution >= 0.6 is 11.6 Å². The number of nitrogens with zero attached hydrogens (tertiary/aromatic N) is 1. The highest BCUT2D eigenvalue weighted by Gasteiger charge is 2.64. The van der Waals surface area contributed by atoms with Crippen LogP contribution in [0.15, 0.2) is 18.2 Å². The summed E-state index contributed by atoms with van der Waals surface area (Å²) in [4.78, 5) is 26.4. The van der Waals surface area contributed by atoms with Gasteiger partial charge in [0.25, 0.3) is 0 Å². The molecule has 0 radical (unpaired) electrons. The average molecular weight is 462 g/mol. The molecule has 4 aliphatic rings. The maximum Gasteiger partial charge on any atom is 0.394 e. The maximum atomic E-state index is 13.9. The first-order chi connectivity index (χ1) is 14.5. The van der Waals surface area contributed by atoms with Crippen LogP contribution in [0.2, 0.25) is 5.02 Å². The zero-order valence-electron chi connectivity index (χ0n) is 16.8. The number of carbonyl (C=O) groups excluding carboxylic acids is 2. The van der Waals surface area contributed by atoms with E-state index in [-0.39, 0.29) is 56.6 Å². The monoisotopic (exact) mass is 461 g/mol. The number of halogens is 5. The molecule has 1 aromatic rings. The number of fused-ring (bicyclic) bond motifs is 3. The quantitative estimate of drug-likeness (QED) is 0.657. The lowest BCUT2D eigenvalue weighted by atomic mass is 9.48. The Morgan fingerprint density at radius 3 is 2.32 bits per heavy atom. The van der Waals surface area contributed by atoms with Crippen molar-refractivity contribution in [2.45, 2.75) is 56.7 Å². The minimum atomic E-state index is -4.28. The van der Waals surface area contributed by atoms with Gasteiger partial charge in [-0.1, -0.05) is 17.7 Å². The zero-order chi connectivity index (χ0) is 22.6. The van der Waals surface area contributed by atoms with Gasteiger partial charge in [-0.05, 0) is 61.6 Å². The van der Waals surface area contributed by atoms with Crippen molar-refractivity contribution >= 4 is 23.5 Å². The van der Waals surface area contributed by atoms with Gasteiger partial charge in [0.05, 0.1) is 10.4 Å². The van der Waals surface area contributed by atoms with Crippen LogP contribution < -0.4 is 11.1 Å². The van der Waals surface area contributed by atoms with E-state index < -0.39 is 46.7 Å². The first-order valence-electron chi connectivity index (χ1n) is 10.4. The molecule has 0 spiro atoms. The van der Waals surface area contributed by atoms with E-state index in [9.17, 15) is 27.2 Å². The van der Waals surface area contributed by atoms with Crippen LogP contribution in [0.25, 0.3) is 0 Å². The largest absolute Gasteiger partial charge is 0.394 e. The SMILES string of the molecule is NC(=O)N1CCNC(=O)C1[C@H](c1ccc(F)c(Cl)c1)C12CCC(C(F)(F)F)(CC1)CC2. The molecule has 1 heterocycles. The van der Waals surface area contributed by atoms with Crippen LogP contribution in [0.4, 0.5) is 22.4 Å². The number of piperazine rings is 1. The fourth-order valence-electron chi connectivity index (χ4n) is 5.95. The molecule has 3 saturated carbocycles. The minimum absolute atomic E-state index is 0.0349. The number of amides is 3. The van der Waals surface area contributed by atoms with Gasteiger partial charge in [0.2, 0.25) is 5.91 Å². The first-order valence-corrected chi connectivity index (χ1v) is 10.7. The molecule has 1 saturated heterocycles. The standard InChI is InChI=1S/C21H24ClF4N3O2/c22-13-11-12(1-2-14(13)23)15(16-17(30)28-9-10-29(16)18(27)31)19-3-6-20(7-4-19,8-5-19)21(24,25)26/h1-2,11,15-16H,3-10H2,(H2,27,31)(H,28,30)/t15-,16?,19?,20?/m0/s1. The molecule has 3 aliphatic carbocycles. The molecule has 1 unspecified atom stereocenters. The van der Waals surface area contributed by atoms with Gasteiger partial charge in [0.15, 0.2) is 0 Å². The van der Waals surface area contributed by atoms with Crippen LogP contribution in [0, 0.1) is 16.6 Å². The smallest absolute Gasteiger partial charge is 0.353 e. The summed E-state index contributed by atoms with van der Waals surface area (Å²) in [6.07, 6.45) is -3.63. The molecule has 10 heteroatoms. The van der Waals surface area contributed by atoms with Gasteiger partial charge < -0.3 is 16.0 Å². The fraction of sp³-hybridized carbons (Fsp3) is 0.619. The van der Waals surface area contributed by atoms with Crippen LogP contribution in [0.5, 0.6) is 0 Å². The lowest BCUT2D eigenvalue weighted by Gasteiger charge is -2.58. The van der Waals surface area contributed by atoms with Crippen molar-refractivity contribution in [1.29, 1.82) is 0 Å². The molecule has 3 amide bonds. The maximum absolute atomic E-state index is 13.9. The molecule has 2 atom stereocenters. The van der Waals surface area contributed by atoms with Crippen molar-refractivity contribution in [3.63, 3.8) is 0 Å². The molecular formula is C21H24ClF4N3O2. The number of hydrogen-bond donors (Lipinski definition) is 2. The third kappa shape index (κ3) is 3.54.